The Morgan fingerprint density at radius 1 is 1.00 bits per heavy atom. The van der Waals surface area contributed by atoms with Gasteiger partial charge in [0.05, 0.1) is 18.5 Å². The van der Waals surface area contributed by atoms with Crippen molar-refractivity contribution in [3.05, 3.63) is 0 Å². The van der Waals surface area contributed by atoms with E-state index in [2.05, 4.69) is 0 Å². The molecule has 0 spiro atoms. The second kappa shape index (κ2) is 6.95. The minimum absolute atomic E-state index is 0.146. The Morgan fingerprint density at radius 3 is 1.61 bits per heavy atom. The summed E-state index contributed by atoms with van der Waals surface area (Å²) in [6.07, 6.45) is 1.04. The van der Waals surface area contributed by atoms with E-state index in [-0.39, 0.29) is 25.5 Å². The number of amides is 3. The van der Waals surface area contributed by atoms with Gasteiger partial charge in [-0.15, -0.1) is 0 Å². The molecule has 6 N–H and O–H groups in total. The van der Waals surface area contributed by atoms with Gasteiger partial charge < -0.3 is 22.1 Å². The lowest BCUT2D eigenvalue weighted by atomic mass is 9.81. The highest BCUT2D eigenvalue weighted by Gasteiger charge is 2.37. The fourth-order valence-corrected chi connectivity index (χ4v) is 1.84. The number of nitrogens with zero attached hydrogens (tertiary/aromatic N) is 1. The van der Waals surface area contributed by atoms with E-state index in [1.165, 1.54) is 0 Å². The minimum Gasteiger partial charge on any atom is -0.368 e. The van der Waals surface area contributed by atoms with Crippen LogP contribution in [0.1, 0.15) is 26.7 Å². The van der Waals surface area contributed by atoms with Crippen molar-refractivity contribution in [1.82, 2.24) is 4.90 Å². The van der Waals surface area contributed by atoms with Crippen molar-refractivity contribution in [3.63, 3.8) is 0 Å². The third-order valence-electron chi connectivity index (χ3n) is 3.18. The molecule has 0 saturated heterocycles. The average Bonchev–Trinajstić information content (AvgIpc) is 2.29. The molecular formula is C11H22N4O3. The lowest BCUT2D eigenvalue weighted by Gasteiger charge is -2.34. The largest absolute Gasteiger partial charge is 0.368 e. The Hall–Kier alpha value is -1.63. The van der Waals surface area contributed by atoms with Gasteiger partial charge in [0.15, 0.2) is 0 Å². The maximum absolute atomic E-state index is 12.4. The topological polar surface area (TPSA) is 133 Å². The number of carbonyl (C=O) groups excluding carboxylic acids is 3. The third-order valence-corrected chi connectivity index (χ3v) is 3.18. The molecule has 7 heteroatoms. The van der Waals surface area contributed by atoms with Crippen LogP contribution < -0.4 is 17.2 Å². The molecule has 0 unspecified atom stereocenters. The zero-order chi connectivity index (χ0) is 14.3. The molecular weight excluding hydrogens is 236 g/mol. The highest BCUT2D eigenvalue weighted by atomic mass is 16.2. The molecule has 7 nitrogen and oxygen atoms in total. The fourth-order valence-electron chi connectivity index (χ4n) is 1.84. The first kappa shape index (κ1) is 16.4. The maximum atomic E-state index is 12.4. The molecule has 0 fully saturated rings. The van der Waals surface area contributed by atoms with Crippen molar-refractivity contribution in [1.29, 1.82) is 0 Å². The average molecular weight is 258 g/mol. The number of primary amides is 2. The number of nitrogens with two attached hydrogens (primary N) is 3. The van der Waals surface area contributed by atoms with Crippen LogP contribution in [0.3, 0.4) is 0 Å². The smallest absolute Gasteiger partial charge is 0.237 e. The summed E-state index contributed by atoms with van der Waals surface area (Å²) in [4.78, 5) is 35.3. The summed E-state index contributed by atoms with van der Waals surface area (Å²) in [5.41, 5.74) is 15.0. The predicted molar refractivity (Wildman–Crippen MR) is 67.0 cm³/mol. The van der Waals surface area contributed by atoms with Crippen LogP contribution in [0.2, 0.25) is 0 Å². The van der Waals surface area contributed by atoms with Gasteiger partial charge in [0, 0.05) is 6.54 Å². The quantitative estimate of drug-likeness (QED) is 0.491. The molecule has 0 aliphatic carbocycles. The number of hydrogen-bond donors (Lipinski definition) is 3. The molecule has 0 atom stereocenters. The molecule has 0 aromatic carbocycles. The van der Waals surface area contributed by atoms with Crippen molar-refractivity contribution in [2.75, 3.05) is 19.6 Å². The van der Waals surface area contributed by atoms with E-state index >= 15 is 0 Å². The zero-order valence-electron chi connectivity index (χ0n) is 10.9. The number of rotatable bonds is 8. The van der Waals surface area contributed by atoms with Crippen molar-refractivity contribution < 1.29 is 14.4 Å². The van der Waals surface area contributed by atoms with E-state index in [9.17, 15) is 14.4 Å². The summed E-state index contributed by atoms with van der Waals surface area (Å²) in [7, 11) is 0. The molecule has 18 heavy (non-hydrogen) atoms. The van der Waals surface area contributed by atoms with Gasteiger partial charge in [-0.25, -0.2) is 0 Å². The highest BCUT2D eigenvalue weighted by Crippen LogP contribution is 2.27. The molecule has 0 aromatic rings. The van der Waals surface area contributed by atoms with E-state index in [0.717, 1.165) is 4.90 Å². The van der Waals surface area contributed by atoms with Crippen LogP contribution in [0.4, 0.5) is 0 Å². The van der Waals surface area contributed by atoms with E-state index in [0.29, 0.717) is 12.8 Å². The molecule has 0 heterocycles. The van der Waals surface area contributed by atoms with Gasteiger partial charge >= 0.3 is 0 Å². The van der Waals surface area contributed by atoms with Gasteiger partial charge in [0.2, 0.25) is 17.7 Å². The molecule has 0 aliphatic rings. The Morgan fingerprint density at radius 2 is 1.39 bits per heavy atom. The first-order valence-corrected chi connectivity index (χ1v) is 5.89. The Bertz CT molecular complexity index is 302. The van der Waals surface area contributed by atoms with Crippen molar-refractivity contribution in [2.24, 2.45) is 22.6 Å². The van der Waals surface area contributed by atoms with Crippen LogP contribution in [0.25, 0.3) is 0 Å². The number of hydrogen-bond acceptors (Lipinski definition) is 4. The summed E-state index contributed by atoms with van der Waals surface area (Å²) in [5, 5.41) is 0. The molecule has 0 rings (SSSR count). The predicted octanol–water partition coefficient (Wildman–Crippen LogP) is -1.45. The first-order chi connectivity index (χ1) is 8.32. The van der Waals surface area contributed by atoms with Crippen LogP contribution >= 0.6 is 0 Å². The monoisotopic (exact) mass is 258 g/mol. The summed E-state index contributed by atoms with van der Waals surface area (Å²) >= 11 is 0. The molecule has 0 saturated carbocycles. The molecule has 0 aromatic heterocycles. The van der Waals surface area contributed by atoms with Crippen LogP contribution in [-0.4, -0.2) is 42.3 Å². The maximum Gasteiger partial charge on any atom is 0.237 e. The molecule has 0 radical (unpaired) electrons. The second-order valence-corrected chi connectivity index (χ2v) is 4.29. The standard InChI is InChI=1S/C11H22N4O3/c1-3-11(4-2,7-12)10(18)15(5-8(13)16)6-9(14)17/h3-7,12H2,1-2H3,(H2,13,16)(H2,14,17). The molecule has 0 bridgehead atoms. The second-order valence-electron chi connectivity index (χ2n) is 4.29. The zero-order valence-corrected chi connectivity index (χ0v) is 10.9. The first-order valence-electron chi connectivity index (χ1n) is 5.89. The van der Waals surface area contributed by atoms with Gasteiger partial charge in [0.1, 0.15) is 0 Å². The normalized spacial score (nSPS) is 11.1. The van der Waals surface area contributed by atoms with Gasteiger partial charge in [-0.2, -0.15) is 0 Å². The SMILES string of the molecule is CCC(CC)(CN)C(=O)N(CC(N)=O)CC(N)=O. The molecule has 3 amide bonds. The fraction of sp³-hybridized carbons (Fsp3) is 0.727. The summed E-state index contributed by atoms with van der Waals surface area (Å²) < 4.78 is 0. The molecule has 104 valence electrons. The summed E-state index contributed by atoms with van der Waals surface area (Å²) in [6.45, 7) is 3.15. The van der Waals surface area contributed by atoms with Gasteiger partial charge in [-0.05, 0) is 12.8 Å². The van der Waals surface area contributed by atoms with Crippen LogP contribution in [0.15, 0.2) is 0 Å². The number of carbonyl (C=O) groups is 3. The van der Waals surface area contributed by atoms with Gasteiger partial charge in [-0.1, -0.05) is 13.8 Å². The van der Waals surface area contributed by atoms with E-state index in [4.69, 9.17) is 17.2 Å². The van der Waals surface area contributed by atoms with E-state index in [1.54, 1.807) is 0 Å². The third kappa shape index (κ3) is 3.99. The van der Waals surface area contributed by atoms with Gasteiger partial charge in [0.25, 0.3) is 0 Å². The summed E-state index contributed by atoms with van der Waals surface area (Å²) in [5.74, 6) is -1.74. The molecule has 0 aliphatic heterocycles. The van der Waals surface area contributed by atoms with Crippen molar-refractivity contribution in [2.45, 2.75) is 26.7 Å². The lowest BCUT2D eigenvalue weighted by molar-refractivity contribution is -0.146. The summed E-state index contributed by atoms with van der Waals surface area (Å²) in [6, 6.07) is 0. The Kier molecular flexibility index (Phi) is 6.32. The van der Waals surface area contributed by atoms with Crippen molar-refractivity contribution >= 4 is 17.7 Å². The highest BCUT2D eigenvalue weighted by molar-refractivity contribution is 5.91. The van der Waals surface area contributed by atoms with Crippen LogP contribution in [-0.2, 0) is 14.4 Å². The van der Waals surface area contributed by atoms with Crippen LogP contribution in [0, 0.1) is 5.41 Å². The lowest BCUT2D eigenvalue weighted by Crippen LogP contribution is -2.52. The Labute approximate surface area is 107 Å². The Balaban J connectivity index is 5.13. The van der Waals surface area contributed by atoms with Gasteiger partial charge in [-0.3, -0.25) is 14.4 Å². The minimum atomic E-state index is -0.773. The van der Waals surface area contributed by atoms with E-state index in [1.807, 2.05) is 13.8 Å². The van der Waals surface area contributed by atoms with Crippen molar-refractivity contribution in [3.8, 4) is 0 Å². The van der Waals surface area contributed by atoms with Crippen LogP contribution in [0.5, 0.6) is 0 Å². The van der Waals surface area contributed by atoms with E-state index < -0.39 is 17.2 Å².